The van der Waals surface area contributed by atoms with Gasteiger partial charge in [0.2, 0.25) is 0 Å². The van der Waals surface area contributed by atoms with Crippen molar-refractivity contribution in [3.8, 4) is 0 Å². The average Bonchev–Trinajstić information content (AvgIpc) is 3.47. The maximum absolute atomic E-state index is 7.34. The minimum atomic E-state index is 0.486. The highest BCUT2D eigenvalue weighted by Crippen LogP contribution is 2.65. The largest absolute Gasteiger partial charge is 0.494 e. The Morgan fingerprint density at radius 1 is 0.535 bits per heavy atom. The Hall–Kier alpha value is -0.980. The van der Waals surface area contributed by atoms with E-state index in [9.17, 15) is 0 Å². The number of hydrogen-bond donors (Lipinski definition) is 0. The van der Waals surface area contributed by atoms with Crippen molar-refractivity contribution in [1.29, 1.82) is 0 Å². The molecule has 11 unspecified atom stereocenters. The zero-order chi connectivity index (χ0) is 28.3. The molecule has 8 aliphatic carbocycles. The molecular formula is C42H62O. The summed E-state index contributed by atoms with van der Waals surface area (Å²) in [6, 6.07) is 0. The quantitative estimate of drug-likeness (QED) is 0.301. The van der Waals surface area contributed by atoms with Gasteiger partial charge in [0.25, 0.3) is 0 Å². The van der Waals surface area contributed by atoms with Gasteiger partial charge in [-0.3, -0.25) is 0 Å². The average molecular weight is 583 g/mol. The van der Waals surface area contributed by atoms with E-state index in [4.69, 9.17) is 4.74 Å². The van der Waals surface area contributed by atoms with Gasteiger partial charge in [0.05, 0.1) is 5.76 Å². The summed E-state index contributed by atoms with van der Waals surface area (Å²) in [4.78, 5) is 0. The van der Waals surface area contributed by atoms with Gasteiger partial charge in [-0.05, 0) is 155 Å². The number of rotatable bonds is 3. The molecule has 11 atom stereocenters. The van der Waals surface area contributed by atoms with Crippen molar-refractivity contribution in [2.75, 3.05) is 0 Å². The first-order valence-corrected chi connectivity index (χ1v) is 20.1. The lowest BCUT2D eigenvalue weighted by molar-refractivity contribution is -0.0864. The molecule has 0 spiro atoms. The van der Waals surface area contributed by atoms with Gasteiger partial charge in [0.1, 0.15) is 6.10 Å². The molecule has 1 heterocycles. The highest BCUT2D eigenvalue weighted by Gasteiger charge is 2.59. The second-order valence-electron chi connectivity index (χ2n) is 17.5. The minimum Gasteiger partial charge on any atom is -0.494 e. The van der Waals surface area contributed by atoms with Crippen LogP contribution >= 0.6 is 0 Å². The highest BCUT2D eigenvalue weighted by molar-refractivity contribution is 5.29. The van der Waals surface area contributed by atoms with Crippen LogP contribution in [0.5, 0.6) is 0 Å². The van der Waals surface area contributed by atoms with E-state index in [2.05, 4.69) is 18.2 Å². The van der Waals surface area contributed by atoms with Gasteiger partial charge in [0.15, 0.2) is 0 Å². The summed E-state index contributed by atoms with van der Waals surface area (Å²) in [6.07, 6.45) is 42.4. The molecule has 1 nitrogen and oxygen atoms in total. The topological polar surface area (TPSA) is 9.23 Å². The van der Waals surface area contributed by atoms with Crippen LogP contribution in [-0.4, -0.2) is 6.10 Å². The smallest absolute Gasteiger partial charge is 0.105 e. The van der Waals surface area contributed by atoms with Gasteiger partial charge in [-0.15, -0.1) is 0 Å². The Morgan fingerprint density at radius 3 is 2.02 bits per heavy atom. The predicted molar refractivity (Wildman–Crippen MR) is 177 cm³/mol. The number of ether oxygens (including phenoxy) is 1. The van der Waals surface area contributed by atoms with Crippen LogP contribution in [0.3, 0.4) is 0 Å². The normalized spacial score (nSPS) is 49.5. The third-order valence-corrected chi connectivity index (χ3v) is 15.9. The molecule has 1 heteroatoms. The zero-order valence-electron chi connectivity index (χ0n) is 27.4. The molecule has 43 heavy (non-hydrogen) atoms. The van der Waals surface area contributed by atoms with Crippen LogP contribution in [0.2, 0.25) is 0 Å². The molecule has 5 saturated carbocycles. The van der Waals surface area contributed by atoms with Crippen LogP contribution in [-0.2, 0) is 4.74 Å². The fourth-order valence-corrected chi connectivity index (χ4v) is 14.5. The zero-order valence-corrected chi connectivity index (χ0v) is 27.4. The van der Waals surface area contributed by atoms with Gasteiger partial charge in [-0.2, -0.15) is 0 Å². The lowest BCUT2D eigenvalue weighted by atomic mass is 9.45. The van der Waals surface area contributed by atoms with E-state index in [0.29, 0.717) is 12.0 Å². The van der Waals surface area contributed by atoms with Crippen molar-refractivity contribution < 1.29 is 4.74 Å². The van der Waals surface area contributed by atoms with Crippen molar-refractivity contribution in [3.63, 3.8) is 0 Å². The van der Waals surface area contributed by atoms with Gasteiger partial charge in [0, 0.05) is 11.8 Å². The van der Waals surface area contributed by atoms with E-state index in [0.717, 1.165) is 65.1 Å². The molecule has 0 aromatic heterocycles. The van der Waals surface area contributed by atoms with Crippen LogP contribution in [0.1, 0.15) is 148 Å². The van der Waals surface area contributed by atoms with Crippen LogP contribution in [0.25, 0.3) is 0 Å². The van der Waals surface area contributed by atoms with Crippen molar-refractivity contribution >= 4 is 0 Å². The van der Waals surface area contributed by atoms with Crippen molar-refractivity contribution in [1.82, 2.24) is 0 Å². The SMILES string of the molecule is C1=CC2C(CC1)OC1=C(C3CCCC4CCCCC43)CCC(C3C4CCCCC4C(C4=CCCCC4)C4CCCCC43)C12. The monoisotopic (exact) mass is 582 g/mol. The molecule has 0 amide bonds. The number of allylic oxidation sites excluding steroid dienone is 5. The molecule has 9 rings (SSSR count). The molecule has 1 saturated heterocycles. The summed E-state index contributed by atoms with van der Waals surface area (Å²) in [5.41, 5.74) is 3.85. The van der Waals surface area contributed by atoms with E-state index in [1.54, 1.807) is 31.4 Å². The molecule has 0 bridgehead atoms. The van der Waals surface area contributed by atoms with E-state index in [1.807, 2.05) is 11.1 Å². The van der Waals surface area contributed by atoms with Crippen molar-refractivity contribution in [2.45, 2.75) is 154 Å². The van der Waals surface area contributed by atoms with Crippen LogP contribution in [0.4, 0.5) is 0 Å². The Morgan fingerprint density at radius 2 is 1.26 bits per heavy atom. The van der Waals surface area contributed by atoms with E-state index >= 15 is 0 Å². The van der Waals surface area contributed by atoms with Crippen LogP contribution < -0.4 is 0 Å². The van der Waals surface area contributed by atoms with Crippen molar-refractivity contribution in [3.05, 3.63) is 35.1 Å². The first-order chi connectivity index (χ1) is 21.4. The Bertz CT molecular complexity index is 1080. The Balaban J connectivity index is 1.10. The third-order valence-electron chi connectivity index (χ3n) is 15.9. The first-order valence-electron chi connectivity index (χ1n) is 20.1. The lowest BCUT2D eigenvalue weighted by Gasteiger charge is -2.60. The summed E-state index contributed by atoms with van der Waals surface area (Å²) >= 11 is 0. The highest BCUT2D eigenvalue weighted by atomic mass is 16.5. The summed E-state index contributed by atoms with van der Waals surface area (Å²) in [7, 11) is 0. The van der Waals surface area contributed by atoms with Crippen LogP contribution in [0.15, 0.2) is 35.1 Å². The second-order valence-corrected chi connectivity index (χ2v) is 17.5. The van der Waals surface area contributed by atoms with Gasteiger partial charge < -0.3 is 4.74 Å². The van der Waals surface area contributed by atoms with Gasteiger partial charge >= 0.3 is 0 Å². The summed E-state index contributed by atoms with van der Waals surface area (Å²) < 4.78 is 7.34. The van der Waals surface area contributed by atoms with E-state index in [-0.39, 0.29) is 0 Å². The standard InChI is InChI=1S/C42H62O/c1-2-14-28(15-3-1)39-31-18-6-8-20-33(31)40(34-21-9-7-19-32(34)39)37-26-25-35(30-23-12-16-27-13-4-5-17-29(27)30)42-41(37)36-22-10-11-24-38(36)43-42/h10,14,22,27,29-34,36-41H,1-9,11-13,15-21,23-26H2. The molecule has 6 fully saturated rings. The molecule has 236 valence electrons. The van der Waals surface area contributed by atoms with Crippen molar-refractivity contribution in [2.24, 2.45) is 71.0 Å². The molecule has 1 aliphatic heterocycles. The van der Waals surface area contributed by atoms with Crippen LogP contribution in [0, 0.1) is 71.0 Å². The predicted octanol–water partition coefficient (Wildman–Crippen LogP) is 11.6. The molecule has 0 radical (unpaired) electrons. The van der Waals surface area contributed by atoms with E-state index in [1.165, 1.54) is 122 Å². The Kier molecular flexibility index (Phi) is 7.88. The fraction of sp³-hybridized carbons (Fsp3) is 0.857. The maximum Gasteiger partial charge on any atom is 0.105 e. The summed E-state index contributed by atoms with van der Waals surface area (Å²) in [6.45, 7) is 0. The lowest BCUT2D eigenvalue weighted by Crippen LogP contribution is -2.53. The molecule has 0 N–H and O–H groups in total. The minimum absolute atomic E-state index is 0.486. The number of fused-ring (bicyclic) bond motifs is 6. The second kappa shape index (κ2) is 12.0. The summed E-state index contributed by atoms with van der Waals surface area (Å²) in [5.74, 6) is 12.7. The first kappa shape index (κ1) is 28.3. The Labute approximate surface area is 264 Å². The van der Waals surface area contributed by atoms with Gasteiger partial charge in [-0.25, -0.2) is 0 Å². The fourth-order valence-electron chi connectivity index (χ4n) is 14.5. The molecular weight excluding hydrogens is 520 g/mol. The molecule has 9 aliphatic rings. The molecule has 0 aromatic rings. The number of hydrogen-bond acceptors (Lipinski definition) is 1. The summed E-state index contributed by atoms with van der Waals surface area (Å²) in [5, 5.41) is 0. The molecule has 0 aromatic carbocycles. The van der Waals surface area contributed by atoms with E-state index < -0.39 is 0 Å². The maximum atomic E-state index is 7.34. The third kappa shape index (κ3) is 4.80. The van der Waals surface area contributed by atoms with Gasteiger partial charge in [-0.1, -0.05) is 81.6 Å².